The van der Waals surface area contributed by atoms with E-state index >= 15 is 0 Å². The summed E-state index contributed by atoms with van der Waals surface area (Å²) in [7, 11) is 0. The van der Waals surface area contributed by atoms with Gasteiger partial charge in [-0.15, -0.1) is 0 Å². The van der Waals surface area contributed by atoms with Gasteiger partial charge >= 0.3 is 0 Å². The van der Waals surface area contributed by atoms with Crippen LogP contribution in [0.5, 0.6) is 0 Å². The highest BCUT2D eigenvalue weighted by molar-refractivity contribution is 4.76. The van der Waals surface area contributed by atoms with Crippen LogP contribution < -0.4 is 5.32 Å². The zero-order valence-corrected chi connectivity index (χ0v) is 11.0. The van der Waals surface area contributed by atoms with Gasteiger partial charge in [-0.3, -0.25) is 0 Å². The van der Waals surface area contributed by atoms with Crippen molar-refractivity contribution in [1.29, 1.82) is 0 Å². The lowest BCUT2D eigenvalue weighted by atomic mass is 10.1. The van der Waals surface area contributed by atoms with Crippen molar-refractivity contribution >= 4 is 0 Å². The fourth-order valence-electron chi connectivity index (χ4n) is 2.18. The zero-order chi connectivity index (χ0) is 11.6. The maximum absolute atomic E-state index is 5.46. The van der Waals surface area contributed by atoms with Gasteiger partial charge in [0.15, 0.2) is 0 Å². The first-order valence-electron chi connectivity index (χ1n) is 6.90. The van der Waals surface area contributed by atoms with Gasteiger partial charge < -0.3 is 15.0 Å². The van der Waals surface area contributed by atoms with Crippen molar-refractivity contribution in [1.82, 2.24) is 10.2 Å². The summed E-state index contributed by atoms with van der Waals surface area (Å²) in [4.78, 5) is 2.53. The zero-order valence-electron chi connectivity index (χ0n) is 11.0. The monoisotopic (exact) mass is 228 g/mol. The van der Waals surface area contributed by atoms with E-state index in [1.54, 1.807) is 0 Å². The summed E-state index contributed by atoms with van der Waals surface area (Å²) >= 11 is 0. The summed E-state index contributed by atoms with van der Waals surface area (Å²) in [6.07, 6.45) is 4.89. The number of likely N-dealkylation sites (tertiary alicyclic amines) is 1. The molecule has 1 fully saturated rings. The first kappa shape index (κ1) is 13.9. The average Bonchev–Trinajstić information content (AvgIpc) is 2.34. The lowest BCUT2D eigenvalue weighted by molar-refractivity contribution is 0.130. The molecule has 96 valence electrons. The fourth-order valence-corrected chi connectivity index (χ4v) is 2.18. The molecule has 1 N–H and O–H groups in total. The molecule has 1 aliphatic rings. The van der Waals surface area contributed by atoms with Crippen molar-refractivity contribution < 1.29 is 4.74 Å². The van der Waals surface area contributed by atoms with Crippen molar-refractivity contribution in [3.63, 3.8) is 0 Å². The largest absolute Gasteiger partial charge is 0.381 e. The van der Waals surface area contributed by atoms with E-state index in [0.29, 0.717) is 0 Å². The van der Waals surface area contributed by atoms with Gasteiger partial charge in [0.25, 0.3) is 0 Å². The van der Waals surface area contributed by atoms with E-state index in [1.165, 1.54) is 32.5 Å². The summed E-state index contributed by atoms with van der Waals surface area (Å²) in [6, 6.07) is 0.744. The molecule has 0 unspecified atom stereocenters. The summed E-state index contributed by atoms with van der Waals surface area (Å²) < 4.78 is 5.46. The Balaban J connectivity index is 1.90. The number of ether oxygens (including phenoxy) is 1. The molecule has 1 saturated heterocycles. The normalized spacial score (nSPS) is 19.1. The first-order valence-corrected chi connectivity index (χ1v) is 6.90. The van der Waals surface area contributed by atoms with E-state index in [9.17, 15) is 0 Å². The molecule has 1 aliphatic heterocycles. The summed E-state index contributed by atoms with van der Waals surface area (Å²) in [5.41, 5.74) is 0. The van der Waals surface area contributed by atoms with Crippen LogP contribution in [0.15, 0.2) is 0 Å². The van der Waals surface area contributed by atoms with Gasteiger partial charge in [0.2, 0.25) is 0 Å². The molecule has 1 rings (SSSR count). The highest BCUT2D eigenvalue weighted by Crippen LogP contribution is 2.09. The highest BCUT2D eigenvalue weighted by atomic mass is 16.5. The molecular formula is C13H28N2O. The topological polar surface area (TPSA) is 24.5 Å². The quantitative estimate of drug-likeness (QED) is 0.642. The standard InChI is InChI=1S/C13H28N2O/c1-3-11-16-12-5-8-14-13-6-9-15(4-2)10-7-13/h13-14H,3-12H2,1-2H3. The van der Waals surface area contributed by atoms with Crippen LogP contribution in [-0.2, 0) is 4.74 Å². The number of rotatable bonds is 8. The van der Waals surface area contributed by atoms with Gasteiger partial charge in [-0.1, -0.05) is 13.8 Å². The fraction of sp³-hybridized carbons (Fsp3) is 1.00. The Morgan fingerprint density at radius 2 is 1.94 bits per heavy atom. The minimum absolute atomic E-state index is 0.744. The van der Waals surface area contributed by atoms with Gasteiger partial charge in [-0.2, -0.15) is 0 Å². The Kier molecular flexibility index (Phi) is 7.81. The second kappa shape index (κ2) is 8.97. The Morgan fingerprint density at radius 3 is 2.56 bits per heavy atom. The Morgan fingerprint density at radius 1 is 1.19 bits per heavy atom. The molecule has 0 atom stereocenters. The van der Waals surface area contributed by atoms with Gasteiger partial charge in [-0.05, 0) is 51.9 Å². The third-order valence-corrected chi connectivity index (χ3v) is 3.28. The number of nitrogens with zero attached hydrogens (tertiary/aromatic N) is 1. The molecular weight excluding hydrogens is 200 g/mol. The van der Waals surface area contributed by atoms with Crippen LogP contribution in [0.3, 0.4) is 0 Å². The Hall–Kier alpha value is -0.120. The third kappa shape index (κ3) is 5.83. The van der Waals surface area contributed by atoms with Crippen LogP contribution in [0.25, 0.3) is 0 Å². The predicted molar refractivity (Wildman–Crippen MR) is 68.9 cm³/mol. The van der Waals surface area contributed by atoms with E-state index in [-0.39, 0.29) is 0 Å². The van der Waals surface area contributed by atoms with Crippen LogP contribution in [0.2, 0.25) is 0 Å². The van der Waals surface area contributed by atoms with E-state index in [1.807, 2.05) is 0 Å². The number of nitrogens with one attached hydrogen (secondary N) is 1. The van der Waals surface area contributed by atoms with Crippen molar-refractivity contribution in [2.75, 3.05) is 39.4 Å². The van der Waals surface area contributed by atoms with Gasteiger partial charge in [0.1, 0.15) is 0 Å². The molecule has 3 nitrogen and oxygen atoms in total. The smallest absolute Gasteiger partial charge is 0.0478 e. The lowest BCUT2D eigenvalue weighted by Crippen LogP contribution is -2.42. The summed E-state index contributed by atoms with van der Waals surface area (Å²) in [5.74, 6) is 0. The molecule has 0 saturated carbocycles. The molecule has 3 heteroatoms. The molecule has 0 aromatic carbocycles. The number of hydrogen-bond acceptors (Lipinski definition) is 3. The molecule has 0 spiro atoms. The Bertz CT molecular complexity index is 156. The van der Waals surface area contributed by atoms with Crippen molar-refractivity contribution in [3.8, 4) is 0 Å². The van der Waals surface area contributed by atoms with Crippen LogP contribution >= 0.6 is 0 Å². The molecule has 0 aromatic rings. The molecule has 16 heavy (non-hydrogen) atoms. The van der Waals surface area contributed by atoms with Crippen molar-refractivity contribution in [3.05, 3.63) is 0 Å². The van der Waals surface area contributed by atoms with Crippen LogP contribution in [0.4, 0.5) is 0 Å². The average molecular weight is 228 g/mol. The Labute approximate surface area is 101 Å². The van der Waals surface area contributed by atoms with E-state index < -0.39 is 0 Å². The lowest BCUT2D eigenvalue weighted by Gasteiger charge is -2.31. The first-order chi connectivity index (χ1) is 7.86. The number of hydrogen-bond donors (Lipinski definition) is 1. The highest BCUT2D eigenvalue weighted by Gasteiger charge is 2.16. The van der Waals surface area contributed by atoms with Gasteiger partial charge in [-0.25, -0.2) is 0 Å². The van der Waals surface area contributed by atoms with Gasteiger partial charge in [0, 0.05) is 19.3 Å². The maximum Gasteiger partial charge on any atom is 0.0478 e. The summed E-state index contributed by atoms with van der Waals surface area (Å²) in [5, 5.41) is 3.64. The van der Waals surface area contributed by atoms with E-state index in [0.717, 1.165) is 38.6 Å². The minimum atomic E-state index is 0.744. The van der Waals surface area contributed by atoms with Crippen LogP contribution in [-0.4, -0.2) is 50.3 Å². The molecule has 0 amide bonds. The van der Waals surface area contributed by atoms with Gasteiger partial charge in [0.05, 0.1) is 0 Å². The summed E-state index contributed by atoms with van der Waals surface area (Å²) in [6.45, 7) is 11.1. The molecule has 1 heterocycles. The van der Waals surface area contributed by atoms with E-state index in [4.69, 9.17) is 4.74 Å². The van der Waals surface area contributed by atoms with Crippen LogP contribution in [0.1, 0.15) is 39.5 Å². The minimum Gasteiger partial charge on any atom is -0.381 e. The predicted octanol–water partition coefficient (Wildman–Crippen LogP) is 1.88. The third-order valence-electron chi connectivity index (χ3n) is 3.28. The molecule has 0 bridgehead atoms. The SMILES string of the molecule is CCCOCCCNC1CCN(CC)CC1. The van der Waals surface area contributed by atoms with Crippen molar-refractivity contribution in [2.24, 2.45) is 0 Å². The van der Waals surface area contributed by atoms with E-state index in [2.05, 4.69) is 24.1 Å². The molecule has 0 aromatic heterocycles. The second-order valence-corrected chi connectivity index (χ2v) is 4.63. The molecule has 0 radical (unpaired) electrons. The van der Waals surface area contributed by atoms with Crippen LogP contribution in [0, 0.1) is 0 Å². The molecule has 0 aliphatic carbocycles. The van der Waals surface area contributed by atoms with Crippen molar-refractivity contribution in [2.45, 2.75) is 45.6 Å². The maximum atomic E-state index is 5.46. The number of piperidine rings is 1. The second-order valence-electron chi connectivity index (χ2n) is 4.63.